The van der Waals surface area contributed by atoms with E-state index in [2.05, 4.69) is 56.6 Å². The summed E-state index contributed by atoms with van der Waals surface area (Å²) in [5, 5.41) is 7.11. The van der Waals surface area contributed by atoms with Gasteiger partial charge in [-0.25, -0.2) is 0 Å². The number of nitrogens with one attached hydrogen (secondary N) is 2. The van der Waals surface area contributed by atoms with Gasteiger partial charge in [-0.15, -0.1) is 0 Å². The molecule has 3 aliphatic rings. The van der Waals surface area contributed by atoms with Crippen molar-refractivity contribution in [2.75, 3.05) is 44.7 Å². The largest absolute Gasteiger partial charge is 0.372 e. The maximum atomic E-state index is 4.45. The zero-order valence-corrected chi connectivity index (χ0v) is 17.7. The van der Waals surface area contributed by atoms with Crippen molar-refractivity contribution in [2.24, 2.45) is 10.9 Å². The molecule has 1 saturated heterocycles. The van der Waals surface area contributed by atoms with Gasteiger partial charge < -0.3 is 15.5 Å². The summed E-state index contributed by atoms with van der Waals surface area (Å²) < 4.78 is 0. The predicted molar refractivity (Wildman–Crippen MR) is 118 cm³/mol. The molecule has 2 saturated carbocycles. The average Bonchev–Trinajstić information content (AvgIpc) is 3.65. The summed E-state index contributed by atoms with van der Waals surface area (Å²) in [6.45, 7) is 7.99. The summed E-state index contributed by atoms with van der Waals surface area (Å²) >= 11 is 0. The van der Waals surface area contributed by atoms with Gasteiger partial charge in [-0.05, 0) is 69.1 Å². The van der Waals surface area contributed by atoms with Gasteiger partial charge in [-0.1, -0.05) is 12.1 Å². The Balaban J connectivity index is 1.26. The van der Waals surface area contributed by atoms with Crippen molar-refractivity contribution in [1.29, 1.82) is 0 Å². The predicted octanol–water partition coefficient (Wildman–Crippen LogP) is 3.39. The first-order valence-corrected chi connectivity index (χ1v) is 11.3. The van der Waals surface area contributed by atoms with Crippen LogP contribution in [0.5, 0.6) is 0 Å². The van der Waals surface area contributed by atoms with E-state index in [4.69, 9.17) is 0 Å². The van der Waals surface area contributed by atoms with Gasteiger partial charge in [0.2, 0.25) is 0 Å². The molecule has 5 nitrogen and oxygen atoms in total. The first-order chi connectivity index (χ1) is 13.7. The Kier molecular flexibility index (Phi) is 6.40. The van der Waals surface area contributed by atoms with Crippen molar-refractivity contribution in [3.8, 4) is 0 Å². The van der Waals surface area contributed by atoms with E-state index < -0.39 is 0 Å². The average molecular weight is 384 g/mol. The van der Waals surface area contributed by atoms with Crippen molar-refractivity contribution in [2.45, 2.75) is 57.5 Å². The van der Waals surface area contributed by atoms with E-state index in [1.54, 1.807) is 0 Å². The molecule has 1 aromatic carbocycles. The quantitative estimate of drug-likeness (QED) is 0.507. The first-order valence-electron chi connectivity index (χ1n) is 11.3. The molecule has 1 unspecified atom stereocenters. The van der Waals surface area contributed by atoms with E-state index >= 15 is 0 Å². The lowest BCUT2D eigenvalue weighted by Gasteiger charge is -2.24. The summed E-state index contributed by atoms with van der Waals surface area (Å²) in [5.74, 6) is 1.88. The van der Waals surface area contributed by atoms with Crippen LogP contribution in [0.3, 0.4) is 0 Å². The van der Waals surface area contributed by atoms with Gasteiger partial charge in [0, 0.05) is 51.5 Å². The Bertz CT molecular complexity index is 659. The van der Waals surface area contributed by atoms with E-state index in [0.29, 0.717) is 0 Å². The third kappa shape index (κ3) is 5.40. The van der Waals surface area contributed by atoms with Crippen LogP contribution in [0.15, 0.2) is 29.3 Å². The molecule has 0 aromatic heterocycles. The summed E-state index contributed by atoms with van der Waals surface area (Å²) in [4.78, 5) is 9.64. The zero-order valence-electron chi connectivity index (χ0n) is 17.7. The van der Waals surface area contributed by atoms with Crippen molar-refractivity contribution in [1.82, 2.24) is 15.5 Å². The van der Waals surface area contributed by atoms with Crippen LogP contribution in [0.25, 0.3) is 0 Å². The topological polar surface area (TPSA) is 42.9 Å². The number of anilines is 1. The third-order valence-corrected chi connectivity index (χ3v) is 6.36. The lowest BCUT2D eigenvalue weighted by molar-refractivity contribution is 0.256. The molecular weight excluding hydrogens is 346 g/mol. The molecule has 0 radical (unpaired) electrons. The highest BCUT2D eigenvalue weighted by Crippen LogP contribution is 2.34. The molecule has 2 N–H and O–H groups in total. The summed E-state index contributed by atoms with van der Waals surface area (Å²) in [6, 6.07) is 10.1. The van der Waals surface area contributed by atoms with Gasteiger partial charge in [0.1, 0.15) is 0 Å². The van der Waals surface area contributed by atoms with E-state index in [1.807, 2.05) is 7.05 Å². The van der Waals surface area contributed by atoms with Crippen LogP contribution in [0.1, 0.15) is 57.1 Å². The number of nitrogens with zero attached hydrogens (tertiary/aromatic N) is 3. The minimum atomic E-state index is 0.236. The second kappa shape index (κ2) is 9.17. The summed E-state index contributed by atoms with van der Waals surface area (Å²) in [7, 11) is 1.87. The SMILES string of the molecule is CN=C(NCCN(CC1CC1)C1CC1)NC(C)c1cccc(N2CCCC2)c1. The molecule has 154 valence electrons. The number of hydrogen-bond donors (Lipinski definition) is 2. The maximum Gasteiger partial charge on any atom is 0.191 e. The molecule has 4 rings (SSSR count). The van der Waals surface area contributed by atoms with Gasteiger partial charge in [-0.3, -0.25) is 9.89 Å². The fourth-order valence-electron chi connectivity index (χ4n) is 4.26. The van der Waals surface area contributed by atoms with Crippen LogP contribution in [0, 0.1) is 5.92 Å². The normalized spacial score (nSPS) is 21.2. The molecule has 28 heavy (non-hydrogen) atoms. The minimum absolute atomic E-state index is 0.236. The van der Waals surface area contributed by atoms with Gasteiger partial charge >= 0.3 is 0 Å². The van der Waals surface area contributed by atoms with Crippen LogP contribution in [-0.4, -0.2) is 56.7 Å². The second-order valence-corrected chi connectivity index (χ2v) is 8.82. The fraction of sp³-hybridized carbons (Fsp3) is 0.696. The van der Waals surface area contributed by atoms with Crippen molar-refractivity contribution < 1.29 is 0 Å². The molecule has 2 aliphatic carbocycles. The van der Waals surface area contributed by atoms with Crippen molar-refractivity contribution in [3.05, 3.63) is 29.8 Å². The van der Waals surface area contributed by atoms with Crippen LogP contribution >= 0.6 is 0 Å². The highest BCUT2D eigenvalue weighted by molar-refractivity contribution is 5.80. The lowest BCUT2D eigenvalue weighted by atomic mass is 10.1. The number of rotatable bonds is 9. The van der Waals surface area contributed by atoms with Gasteiger partial charge in [0.15, 0.2) is 5.96 Å². The minimum Gasteiger partial charge on any atom is -0.372 e. The molecule has 0 bridgehead atoms. The van der Waals surface area contributed by atoms with Crippen LogP contribution in [0.2, 0.25) is 0 Å². The lowest BCUT2D eigenvalue weighted by Crippen LogP contribution is -2.43. The van der Waals surface area contributed by atoms with E-state index in [1.165, 1.54) is 69.4 Å². The van der Waals surface area contributed by atoms with Gasteiger partial charge in [0.25, 0.3) is 0 Å². The van der Waals surface area contributed by atoms with Crippen LogP contribution in [-0.2, 0) is 0 Å². The molecule has 1 aliphatic heterocycles. The number of guanidine groups is 1. The Labute approximate surface area is 170 Å². The fourth-order valence-corrected chi connectivity index (χ4v) is 4.26. The second-order valence-electron chi connectivity index (χ2n) is 8.82. The summed E-state index contributed by atoms with van der Waals surface area (Å²) in [6.07, 6.45) is 8.29. The number of benzene rings is 1. The maximum absolute atomic E-state index is 4.45. The van der Waals surface area contributed by atoms with Gasteiger partial charge in [-0.2, -0.15) is 0 Å². The third-order valence-electron chi connectivity index (χ3n) is 6.36. The van der Waals surface area contributed by atoms with Crippen molar-refractivity contribution in [3.63, 3.8) is 0 Å². The van der Waals surface area contributed by atoms with E-state index in [9.17, 15) is 0 Å². The monoisotopic (exact) mass is 383 g/mol. The Morgan fingerprint density at radius 2 is 2.00 bits per heavy atom. The molecular formula is C23H37N5. The molecule has 0 amide bonds. The smallest absolute Gasteiger partial charge is 0.191 e. The standard InChI is InChI=1S/C23H37N5/c1-18(20-6-5-7-22(16-20)27-13-3-4-14-27)26-23(24-2)25-12-15-28(21-10-11-21)17-19-8-9-19/h5-7,16,18-19,21H,3-4,8-15,17H2,1-2H3,(H2,24,25,26). The Morgan fingerprint density at radius 3 is 2.68 bits per heavy atom. The zero-order chi connectivity index (χ0) is 19.3. The molecule has 5 heteroatoms. The number of aliphatic imine (C=N–C) groups is 1. The molecule has 1 heterocycles. The van der Waals surface area contributed by atoms with E-state index in [-0.39, 0.29) is 6.04 Å². The molecule has 1 atom stereocenters. The van der Waals surface area contributed by atoms with Gasteiger partial charge in [0.05, 0.1) is 6.04 Å². The highest BCUT2D eigenvalue weighted by atomic mass is 15.2. The van der Waals surface area contributed by atoms with Crippen molar-refractivity contribution >= 4 is 11.6 Å². The summed E-state index contributed by atoms with van der Waals surface area (Å²) in [5.41, 5.74) is 2.67. The van der Waals surface area contributed by atoms with Crippen LogP contribution in [0.4, 0.5) is 5.69 Å². The van der Waals surface area contributed by atoms with E-state index in [0.717, 1.165) is 31.0 Å². The molecule has 0 spiro atoms. The Hall–Kier alpha value is -1.75. The first kappa shape index (κ1) is 19.6. The highest BCUT2D eigenvalue weighted by Gasteiger charge is 2.33. The molecule has 3 fully saturated rings. The Morgan fingerprint density at radius 1 is 1.21 bits per heavy atom. The number of hydrogen-bond acceptors (Lipinski definition) is 3. The van der Waals surface area contributed by atoms with Crippen LogP contribution < -0.4 is 15.5 Å². The molecule has 1 aromatic rings.